The maximum Gasteiger partial charge on any atom is 0.157 e. The third-order valence-electron chi connectivity index (χ3n) is 4.61. The van der Waals surface area contributed by atoms with E-state index in [4.69, 9.17) is 0 Å². The standard InChI is InChI=1S/C22H32N2O3/c25-20-11-10-18(16-21(20)26)12-15-23-13-6-1-2-7-14-24-17-22(27)19-8-4-3-5-9-19/h3-5,8-11,16,22-27H,1-2,6-7,12-15,17H2. The van der Waals surface area contributed by atoms with E-state index < -0.39 is 6.10 Å². The molecule has 1 atom stereocenters. The number of hydrogen-bond acceptors (Lipinski definition) is 5. The molecule has 1 unspecified atom stereocenters. The van der Waals surface area contributed by atoms with Crippen LogP contribution in [0.4, 0.5) is 0 Å². The largest absolute Gasteiger partial charge is 0.504 e. The molecule has 0 heterocycles. The van der Waals surface area contributed by atoms with Crippen LogP contribution in [0.1, 0.15) is 42.9 Å². The van der Waals surface area contributed by atoms with Gasteiger partial charge in [-0.1, -0.05) is 49.2 Å². The molecule has 27 heavy (non-hydrogen) atoms. The van der Waals surface area contributed by atoms with Crippen LogP contribution in [-0.4, -0.2) is 41.5 Å². The van der Waals surface area contributed by atoms with Crippen molar-refractivity contribution in [3.8, 4) is 11.5 Å². The molecule has 2 rings (SSSR count). The minimum atomic E-state index is -0.439. The van der Waals surface area contributed by atoms with Gasteiger partial charge in [0.25, 0.3) is 0 Å². The molecule has 2 aromatic rings. The first kappa shape index (κ1) is 21.2. The van der Waals surface area contributed by atoms with E-state index in [1.54, 1.807) is 6.07 Å². The molecule has 0 spiro atoms. The van der Waals surface area contributed by atoms with E-state index in [1.807, 2.05) is 36.4 Å². The third-order valence-corrected chi connectivity index (χ3v) is 4.61. The third kappa shape index (κ3) is 8.43. The summed E-state index contributed by atoms with van der Waals surface area (Å²) >= 11 is 0. The molecule has 0 bridgehead atoms. The van der Waals surface area contributed by atoms with E-state index >= 15 is 0 Å². The minimum absolute atomic E-state index is 0.0580. The second kappa shape index (κ2) is 12.3. The highest BCUT2D eigenvalue weighted by molar-refractivity contribution is 5.40. The molecule has 5 N–H and O–H groups in total. The van der Waals surface area contributed by atoms with Gasteiger partial charge in [0.2, 0.25) is 0 Å². The molecular weight excluding hydrogens is 340 g/mol. The topological polar surface area (TPSA) is 84.8 Å². The van der Waals surface area contributed by atoms with Crippen molar-refractivity contribution in [3.05, 3.63) is 59.7 Å². The summed E-state index contributed by atoms with van der Waals surface area (Å²) in [7, 11) is 0. The van der Waals surface area contributed by atoms with Gasteiger partial charge in [-0.2, -0.15) is 0 Å². The van der Waals surface area contributed by atoms with Gasteiger partial charge >= 0.3 is 0 Å². The predicted molar refractivity (Wildman–Crippen MR) is 109 cm³/mol. The van der Waals surface area contributed by atoms with Gasteiger partial charge in [-0.25, -0.2) is 0 Å². The van der Waals surface area contributed by atoms with Gasteiger partial charge in [0.1, 0.15) is 0 Å². The van der Waals surface area contributed by atoms with Crippen molar-refractivity contribution in [2.45, 2.75) is 38.2 Å². The molecule has 0 amide bonds. The Hall–Kier alpha value is -2.08. The van der Waals surface area contributed by atoms with Crippen LogP contribution in [0.2, 0.25) is 0 Å². The summed E-state index contributed by atoms with van der Waals surface area (Å²) in [5.74, 6) is -0.131. The van der Waals surface area contributed by atoms with Gasteiger partial charge in [-0.3, -0.25) is 0 Å². The highest BCUT2D eigenvalue weighted by Crippen LogP contribution is 2.24. The van der Waals surface area contributed by atoms with E-state index in [9.17, 15) is 15.3 Å². The highest BCUT2D eigenvalue weighted by atomic mass is 16.3. The van der Waals surface area contributed by atoms with Gasteiger partial charge in [0.05, 0.1) is 6.10 Å². The summed E-state index contributed by atoms with van der Waals surface area (Å²) in [6.07, 6.45) is 5.03. The highest BCUT2D eigenvalue weighted by Gasteiger charge is 2.05. The molecule has 0 saturated heterocycles. The molecule has 0 aliphatic rings. The predicted octanol–water partition coefficient (Wildman–Crippen LogP) is 3.11. The summed E-state index contributed by atoms with van der Waals surface area (Å²) in [5.41, 5.74) is 1.97. The first-order valence-electron chi connectivity index (χ1n) is 9.82. The van der Waals surface area contributed by atoms with Crippen molar-refractivity contribution in [1.82, 2.24) is 10.6 Å². The normalized spacial score (nSPS) is 12.2. The summed E-state index contributed by atoms with van der Waals surface area (Å²) in [6.45, 7) is 3.38. The summed E-state index contributed by atoms with van der Waals surface area (Å²) in [6, 6.07) is 14.7. The average molecular weight is 373 g/mol. The van der Waals surface area contributed by atoms with Crippen LogP contribution in [0, 0.1) is 0 Å². The fourth-order valence-electron chi connectivity index (χ4n) is 2.97. The van der Waals surface area contributed by atoms with Crippen molar-refractivity contribution < 1.29 is 15.3 Å². The molecule has 0 saturated carbocycles. The number of unbranched alkanes of at least 4 members (excludes halogenated alkanes) is 3. The van der Waals surface area contributed by atoms with Crippen LogP contribution in [0.15, 0.2) is 48.5 Å². The molecule has 0 aliphatic heterocycles. The monoisotopic (exact) mass is 372 g/mol. The quantitative estimate of drug-likeness (QED) is 0.276. The van der Waals surface area contributed by atoms with E-state index in [1.165, 1.54) is 18.9 Å². The Bertz CT molecular complexity index is 649. The first-order valence-corrected chi connectivity index (χ1v) is 9.82. The van der Waals surface area contributed by atoms with Crippen LogP contribution in [0.3, 0.4) is 0 Å². The number of hydrogen-bond donors (Lipinski definition) is 5. The number of rotatable bonds is 13. The Morgan fingerprint density at radius 1 is 0.741 bits per heavy atom. The SMILES string of the molecule is Oc1ccc(CCNCCCCCCNCC(O)c2ccccc2)cc1O. The first-order chi connectivity index (χ1) is 13.2. The Kier molecular flexibility index (Phi) is 9.69. The fraction of sp³-hybridized carbons (Fsp3) is 0.455. The Morgan fingerprint density at radius 2 is 1.44 bits per heavy atom. The lowest BCUT2D eigenvalue weighted by Crippen LogP contribution is -2.22. The zero-order valence-electron chi connectivity index (χ0n) is 15.9. The molecular formula is C22H32N2O3. The minimum Gasteiger partial charge on any atom is -0.504 e. The lowest BCUT2D eigenvalue weighted by molar-refractivity contribution is 0.174. The van der Waals surface area contributed by atoms with E-state index in [0.29, 0.717) is 6.54 Å². The molecule has 0 radical (unpaired) electrons. The van der Waals surface area contributed by atoms with Crippen LogP contribution in [-0.2, 0) is 6.42 Å². The van der Waals surface area contributed by atoms with Crippen molar-refractivity contribution in [2.24, 2.45) is 0 Å². The molecule has 2 aromatic carbocycles. The van der Waals surface area contributed by atoms with Crippen molar-refractivity contribution in [2.75, 3.05) is 26.2 Å². The number of phenolic OH excluding ortho intramolecular Hbond substituents is 2. The van der Waals surface area contributed by atoms with Gasteiger partial charge in [-0.05, 0) is 62.2 Å². The van der Waals surface area contributed by atoms with Crippen molar-refractivity contribution >= 4 is 0 Å². The Balaban J connectivity index is 1.40. The molecule has 0 fully saturated rings. The second-order valence-corrected chi connectivity index (χ2v) is 6.87. The van der Waals surface area contributed by atoms with Crippen LogP contribution in [0.25, 0.3) is 0 Å². The van der Waals surface area contributed by atoms with E-state index in [2.05, 4.69) is 10.6 Å². The maximum atomic E-state index is 10.1. The average Bonchev–Trinajstić information content (AvgIpc) is 2.69. The van der Waals surface area contributed by atoms with Crippen molar-refractivity contribution in [3.63, 3.8) is 0 Å². The lowest BCUT2D eigenvalue weighted by Gasteiger charge is -2.12. The molecule has 5 heteroatoms. The van der Waals surface area contributed by atoms with Gasteiger partial charge in [0, 0.05) is 6.54 Å². The molecule has 148 valence electrons. The molecule has 0 aliphatic carbocycles. The van der Waals surface area contributed by atoms with Crippen LogP contribution in [0.5, 0.6) is 11.5 Å². The number of phenols is 2. The second-order valence-electron chi connectivity index (χ2n) is 6.87. The van der Waals surface area contributed by atoms with Gasteiger partial charge in [-0.15, -0.1) is 0 Å². The number of benzene rings is 2. The number of aliphatic hydroxyl groups excluding tert-OH is 1. The lowest BCUT2D eigenvalue weighted by atomic mass is 10.1. The summed E-state index contributed by atoms with van der Waals surface area (Å²) < 4.78 is 0. The Labute approximate surface area is 162 Å². The molecule has 0 aromatic heterocycles. The molecule has 5 nitrogen and oxygen atoms in total. The zero-order valence-corrected chi connectivity index (χ0v) is 15.9. The van der Waals surface area contributed by atoms with Gasteiger partial charge in [0.15, 0.2) is 11.5 Å². The van der Waals surface area contributed by atoms with Crippen molar-refractivity contribution in [1.29, 1.82) is 0 Å². The van der Waals surface area contributed by atoms with Crippen LogP contribution < -0.4 is 10.6 Å². The number of nitrogens with one attached hydrogen (secondary N) is 2. The zero-order chi connectivity index (χ0) is 19.3. The number of aliphatic hydroxyl groups is 1. The van der Waals surface area contributed by atoms with Gasteiger partial charge < -0.3 is 26.0 Å². The van der Waals surface area contributed by atoms with E-state index in [-0.39, 0.29) is 11.5 Å². The summed E-state index contributed by atoms with van der Waals surface area (Å²) in [5, 5.41) is 35.5. The maximum absolute atomic E-state index is 10.1. The number of aromatic hydroxyl groups is 2. The Morgan fingerprint density at radius 3 is 2.15 bits per heavy atom. The summed E-state index contributed by atoms with van der Waals surface area (Å²) in [4.78, 5) is 0. The van der Waals surface area contributed by atoms with Crippen LogP contribution >= 0.6 is 0 Å². The fourth-order valence-corrected chi connectivity index (χ4v) is 2.97. The smallest absolute Gasteiger partial charge is 0.157 e. The van der Waals surface area contributed by atoms with E-state index in [0.717, 1.165) is 50.0 Å².